The fourth-order valence-electron chi connectivity index (χ4n) is 3.36. The number of aromatic nitrogens is 2. The van der Waals surface area contributed by atoms with Crippen molar-refractivity contribution in [1.82, 2.24) is 9.97 Å². The molecule has 2 aromatic carbocycles. The van der Waals surface area contributed by atoms with Crippen LogP contribution in [0.25, 0.3) is 0 Å². The van der Waals surface area contributed by atoms with Crippen molar-refractivity contribution in [3.8, 4) is 0 Å². The van der Waals surface area contributed by atoms with Gasteiger partial charge in [0.1, 0.15) is 5.82 Å². The van der Waals surface area contributed by atoms with Gasteiger partial charge in [-0.25, -0.2) is 4.98 Å². The average molecular weight is 455 g/mol. The van der Waals surface area contributed by atoms with Gasteiger partial charge in [-0.3, -0.25) is 14.4 Å². The van der Waals surface area contributed by atoms with E-state index in [9.17, 15) is 14.4 Å². The Bertz CT molecular complexity index is 1230. The third-order valence-corrected chi connectivity index (χ3v) is 6.14. The van der Waals surface area contributed by atoms with Crippen LogP contribution in [0.4, 0.5) is 11.5 Å². The molecule has 0 unspecified atom stereocenters. The van der Waals surface area contributed by atoms with Gasteiger partial charge in [0.05, 0.1) is 11.5 Å². The molecule has 0 radical (unpaired) electrons. The molecule has 1 aromatic heterocycles. The lowest BCUT2D eigenvalue weighted by atomic mass is 9.92. The highest BCUT2D eigenvalue weighted by molar-refractivity contribution is 7.98. The maximum Gasteiger partial charge on any atom is 0.257 e. The lowest BCUT2D eigenvalue weighted by molar-refractivity contribution is -0.123. The summed E-state index contributed by atoms with van der Waals surface area (Å²) in [5.74, 6) is -1.11. The van der Waals surface area contributed by atoms with E-state index in [1.54, 1.807) is 12.1 Å². The highest BCUT2D eigenvalue weighted by Crippen LogP contribution is 2.31. The molecular weight excluding hydrogens is 436 g/mol. The quantitative estimate of drug-likeness (QED) is 0.398. The Kier molecular flexibility index (Phi) is 6.11. The molecule has 31 heavy (non-hydrogen) atoms. The Morgan fingerprint density at radius 2 is 2.03 bits per heavy atom. The van der Waals surface area contributed by atoms with Crippen LogP contribution < -0.4 is 16.2 Å². The zero-order chi connectivity index (χ0) is 22.0. The first-order valence-electron chi connectivity index (χ1n) is 9.58. The van der Waals surface area contributed by atoms with Crippen LogP contribution in [0, 0.1) is 6.92 Å². The van der Waals surface area contributed by atoms with Crippen LogP contribution in [0.3, 0.4) is 0 Å². The largest absolute Gasteiger partial charge is 0.326 e. The zero-order valence-electron chi connectivity index (χ0n) is 16.6. The van der Waals surface area contributed by atoms with Crippen molar-refractivity contribution >= 4 is 46.7 Å². The van der Waals surface area contributed by atoms with Gasteiger partial charge in [0.15, 0.2) is 5.16 Å². The third-order valence-electron chi connectivity index (χ3n) is 4.85. The first-order valence-corrected chi connectivity index (χ1v) is 10.9. The number of anilines is 2. The zero-order valence-corrected chi connectivity index (χ0v) is 18.1. The number of carbonyl (C=O) groups is 2. The van der Waals surface area contributed by atoms with E-state index >= 15 is 0 Å². The van der Waals surface area contributed by atoms with E-state index in [0.29, 0.717) is 21.6 Å². The van der Waals surface area contributed by atoms with E-state index < -0.39 is 17.4 Å². The number of rotatable bonds is 5. The molecular formula is C22H19ClN4O3S. The summed E-state index contributed by atoms with van der Waals surface area (Å²) in [5.41, 5.74) is 2.20. The Balaban J connectivity index is 1.58. The number of H-pyrrole nitrogens is 1. The van der Waals surface area contributed by atoms with E-state index in [0.717, 1.165) is 11.1 Å². The summed E-state index contributed by atoms with van der Waals surface area (Å²) >= 11 is 7.47. The van der Waals surface area contributed by atoms with Crippen LogP contribution in [0.5, 0.6) is 0 Å². The minimum Gasteiger partial charge on any atom is -0.326 e. The Hall–Kier alpha value is -3.10. The molecule has 7 nitrogen and oxygen atoms in total. The number of halogens is 1. The monoisotopic (exact) mass is 454 g/mol. The van der Waals surface area contributed by atoms with Gasteiger partial charge in [-0.15, -0.1) is 0 Å². The highest BCUT2D eigenvalue weighted by atomic mass is 35.5. The van der Waals surface area contributed by atoms with Gasteiger partial charge in [0.2, 0.25) is 11.8 Å². The topological polar surface area (TPSA) is 104 Å². The summed E-state index contributed by atoms with van der Waals surface area (Å²) in [7, 11) is 0. The normalized spacial score (nSPS) is 15.2. The maximum absolute atomic E-state index is 12.9. The molecule has 158 valence electrons. The average Bonchev–Trinajstić information content (AvgIpc) is 2.72. The standard InChI is InChI=1S/C22H19ClN4O3S/c1-12-5-4-7-14(9-12)24-20(29)15-10-17(28)25-19-18(15)21(30)27-22(26-19)31-11-13-6-2-3-8-16(13)23/h2-9,15H,10-11H2,1H3,(H,24,29)(H2,25,26,27,28,30)/t15-/m0/s1. The minimum atomic E-state index is -0.928. The van der Waals surface area contributed by atoms with Gasteiger partial charge in [0.25, 0.3) is 5.56 Å². The van der Waals surface area contributed by atoms with Crippen molar-refractivity contribution < 1.29 is 9.59 Å². The second-order valence-electron chi connectivity index (χ2n) is 7.18. The number of thioether (sulfide) groups is 1. The molecule has 1 atom stereocenters. The number of carbonyl (C=O) groups excluding carboxylic acids is 2. The number of nitrogens with one attached hydrogen (secondary N) is 3. The minimum absolute atomic E-state index is 0.117. The second-order valence-corrected chi connectivity index (χ2v) is 8.55. The molecule has 0 bridgehead atoms. The summed E-state index contributed by atoms with van der Waals surface area (Å²) in [6, 6.07) is 14.7. The lowest BCUT2D eigenvalue weighted by Crippen LogP contribution is -2.36. The van der Waals surface area contributed by atoms with Crippen LogP contribution in [-0.4, -0.2) is 21.8 Å². The van der Waals surface area contributed by atoms with Crippen LogP contribution in [-0.2, 0) is 15.3 Å². The summed E-state index contributed by atoms with van der Waals surface area (Å²) in [6.45, 7) is 1.91. The van der Waals surface area contributed by atoms with E-state index in [1.165, 1.54) is 11.8 Å². The first kappa shape index (κ1) is 21.1. The molecule has 1 aliphatic rings. The van der Waals surface area contributed by atoms with Crippen molar-refractivity contribution in [2.75, 3.05) is 10.6 Å². The number of amides is 2. The molecule has 0 spiro atoms. The Morgan fingerprint density at radius 1 is 1.23 bits per heavy atom. The van der Waals surface area contributed by atoms with Crippen LogP contribution in [0.2, 0.25) is 5.02 Å². The number of hydrogen-bond donors (Lipinski definition) is 3. The van der Waals surface area contributed by atoms with Gasteiger partial charge in [-0.2, -0.15) is 0 Å². The van der Waals surface area contributed by atoms with Crippen molar-refractivity contribution in [2.24, 2.45) is 0 Å². The van der Waals surface area contributed by atoms with Gasteiger partial charge >= 0.3 is 0 Å². The maximum atomic E-state index is 12.9. The van der Waals surface area contributed by atoms with Gasteiger partial charge < -0.3 is 15.6 Å². The fourth-order valence-corrected chi connectivity index (χ4v) is 4.50. The Morgan fingerprint density at radius 3 is 2.81 bits per heavy atom. The predicted octanol–water partition coefficient (Wildman–Crippen LogP) is 4.09. The molecule has 0 saturated heterocycles. The number of benzene rings is 2. The van der Waals surface area contributed by atoms with Crippen LogP contribution in [0.15, 0.2) is 58.5 Å². The van der Waals surface area contributed by atoms with E-state index in [-0.39, 0.29) is 23.7 Å². The number of aromatic amines is 1. The molecule has 0 aliphatic carbocycles. The van der Waals surface area contributed by atoms with E-state index in [2.05, 4.69) is 20.6 Å². The molecule has 1 aliphatic heterocycles. The number of fused-ring (bicyclic) bond motifs is 1. The molecule has 2 amide bonds. The number of aryl methyl sites for hydroxylation is 1. The summed E-state index contributed by atoms with van der Waals surface area (Å²) in [4.78, 5) is 45.0. The van der Waals surface area contributed by atoms with Crippen LogP contribution in [0.1, 0.15) is 29.0 Å². The van der Waals surface area contributed by atoms with Gasteiger partial charge in [0, 0.05) is 22.9 Å². The molecule has 2 heterocycles. The summed E-state index contributed by atoms with van der Waals surface area (Å²) < 4.78 is 0. The smallest absolute Gasteiger partial charge is 0.257 e. The summed E-state index contributed by atoms with van der Waals surface area (Å²) in [5, 5.41) is 6.37. The number of nitrogens with zero attached hydrogens (tertiary/aromatic N) is 1. The van der Waals surface area contributed by atoms with Crippen molar-refractivity contribution in [3.63, 3.8) is 0 Å². The molecule has 4 rings (SSSR count). The summed E-state index contributed by atoms with van der Waals surface area (Å²) in [6.07, 6.45) is -0.123. The fraction of sp³-hybridized carbons (Fsp3) is 0.182. The highest BCUT2D eigenvalue weighted by Gasteiger charge is 2.34. The molecule has 3 aromatic rings. The number of hydrogen-bond acceptors (Lipinski definition) is 5. The van der Waals surface area contributed by atoms with Crippen molar-refractivity contribution in [2.45, 2.75) is 30.2 Å². The second kappa shape index (κ2) is 8.95. The third kappa shape index (κ3) is 4.81. The van der Waals surface area contributed by atoms with Crippen molar-refractivity contribution in [3.05, 3.63) is 80.6 Å². The molecule has 9 heteroatoms. The van der Waals surface area contributed by atoms with Gasteiger partial charge in [-0.1, -0.05) is 53.7 Å². The molecule has 0 fully saturated rings. The lowest BCUT2D eigenvalue weighted by Gasteiger charge is -2.23. The Labute approximate surface area is 187 Å². The van der Waals surface area contributed by atoms with E-state index in [4.69, 9.17) is 11.6 Å². The van der Waals surface area contributed by atoms with E-state index in [1.807, 2.05) is 43.3 Å². The molecule has 3 N–H and O–H groups in total. The first-order chi connectivity index (χ1) is 14.9. The van der Waals surface area contributed by atoms with Crippen LogP contribution >= 0.6 is 23.4 Å². The van der Waals surface area contributed by atoms with Crippen molar-refractivity contribution in [1.29, 1.82) is 0 Å². The van der Waals surface area contributed by atoms with Gasteiger partial charge in [-0.05, 0) is 36.2 Å². The molecule has 0 saturated carbocycles. The SMILES string of the molecule is Cc1cccc(NC(=O)[C@H]2CC(=O)Nc3nc(SCc4ccccc4Cl)[nH]c(=O)c32)c1. The predicted molar refractivity (Wildman–Crippen MR) is 122 cm³/mol.